The van der Waals surface area contributed by atoms with E-state index in [1.165, 1.54) is 6.42 Å². The van der Waals surface area contributed by atoms with Crippen LogP contribution in [0.5, 0.6) is 0 Å². The van der Waals surface area contributed by atoms with Crippen LogP contribution in [-0.2, 0) is 9.53 Å². The summed E-state index contributed by atoms with van der Waals surface area (Å²) < 4.78 is 5.28. The molecule has 3 atom stereocenters. The molecule has 1 saturated carbocycles. The van der Waals surface area contributed by atoms with Crippen LogP contribution in [0.1, 0.15) is 55.5 Å². The van der Waals surface area contributed by atoms with Crippen molar-refractivity contribution in [3.8, 4) is 0 Å². The second-order valence-corrected chi connectivity index (χ2v) is 6.29. The van der Waals surface area contributed by atoms with E-state index in [1.54, 1.807) is 25.1 Å². The summed E-state index contributed by atoms with van der Waals surface area (Å²) in [5.74, 6) is -0.180. The molecule has 0 heterocycles. The molecule has 1 fully saturated rings. The second kappa shape index (κ2) is 7.43. The Balaban J connectivity index is 1.89. The first kappa shape index (κ1) is 16.5. The van der Waals surface area contributed by atoms with Gasteiger partial charge in [-0.3, -0.25) is 4.79 Å². The lowest BCUT2D eigenvalue weighted by Gasteiger charge is -2.30. The fraction of sp³-hybridized carbons (Fsp3) is 0.556. The molecule has 4 nitrogen and oxygen atoms in total. The quantitative estimate of drug-likeness (QED) is 0.869. The lowest BCUT2D eigenvalue weighted by molar-refractivity contribution is -0.130. The van der Waals surface area contributed by atoms with E-state index in [-0.39, 0.29) is 11.9 Å². The smallest absolute Gasteiger partial charge is 0.338 e. The number of aryl methyl sites for hydroxylation is 1. The highest BCUT2D eigenvalue weighted by molar-refractivity contribution is 5.92. The molecule has 120 valence electrons. The predicted octanol–water partition coefficient (Wildman–Crippen LogP) is 3.24. The van der Waals surface area contributed by atoms with Gasteiger partial charge < -0.3 is 10.1 Å². The van der Waals surface area contributed by atoms with Crippen LogP contribution in [0.2, 0.25) is 0 Å². The summed E-state index contributed by atoms with van der Waals surface area (Å²) >= 11 is 0. The fourth-order valence-electron chi connectivity index (χ4n) is 2.88. The molecule has 1 aliphatic rings. The van der Waals surface area contributed by atoms with E-state index in [9.17, 15) is 9.59 Å². The summed E-state index contributed by atoms with van der Waals surface area (Å²) in [6, 6.07) is 7.37. The van der Waals surface area contributed by atoms with E-state index >= 15 is 0 Å². The van der Waals surface area contributed by atoms with Gasteiger partial charge in [-0.1, -0.05) is 37.5 Å². The Labute approximate surface area is 132 Å². The van der Waals surface area contributed by atoms with Gasteiger partial charge in [0.2, 0.25) is 0 Å². The number of carbonyl (C=O) groups excluding carboxylic acids is 2. The first-order valence-corrected chi connectivity index (χ1v) is 8.05. The number of benzene rings is 1. The zero-order valence-corrected chi connectivity index (χ0v) is 13.6. The minimum absolute atomic E-state index is 0.196. The largest absolute Gasteiger partial charge is 0.449 e. The molecule has 4 heteroatoms. The Morgan fingerprint density at radius 2 is 2.00 bits per heavy atom. The van der Waals surface area contributed by atoms with E-state index in [0.29, 0.717) is 11.5 Å². The number of rotatable bonds is 4. The van der Waals surface area contributed by atoms with Crippen LogP contribution in [0.3, 0.4) is 0 Å². The summed E-state index contributed by atoms with van der Waals surface area (Å²) in [4.78, 5) is 24.3. The van der Waals surface area contributed by atoms with Crippen molar-refractivity contribution in [3.63, 3.8) is 0 Å². The maximum Gasteiger partial charge on any atom is 0.338 e. The maximum absolute atomic E-state index is 12.2. The molecule has 0 saturated heterocycles. The van der Waals surface area contributed by atoms with Gasteiger partial charge in [-0.05, 0) is 44.7 Å². The highest BCUT2D eigenvalue weighted by Crippen LogP contribution is 2.23. The molecule has 1 aromatic carbocycles. The van der Waals surface area contributed by atoms with Crippen LogP contribution in [0.15, 0.2) is 24.3 Å². The molecule has 0 radical (unpaired) electrons. The van der Waals surface area contributed by atoms with E-state index in [1.807, 2.05) is 13.0 Å². The molecular weight excluding hydrogens is 278 g/mol. The third-order valence-corrected chi connectivity index (χ3v) is 4.35. The molecule has 0 bridgehead atoms. The lowest BCUT2D eigenvalue weighted by Crippen LogP contribution is -2.45. The summed E-state index contributed by atoms with van der Waals surface area (Å²) in [5.41, 5.74) is 1.47. The molecule has 0 aromatic heterocycles. The van der Waals surface area contributed by atoms with Crippen molar-refractivity contribution in [2.75, 3.05) is 0 Å². The first-order valence-electron chi connectivity index (χ1n) is 8.05. The molecule has 22 heavy (non-hydrogen) atoms. The van der Waals surface area contributed by atoms with Gasteiger partial charge in [0.25, 0.3) is 5.91 Å². The number of ether oxygens (including phenoxy) is 1. The second-order valence-electron chi connectivity index (χ2n) is 6.29. The zero-order valence-electron chi connectivity index (χ0n) is 13.6. The van der Waals surface area contributed by atoms with Crippen molar-refractivity contribution < 1.29 is 14.3 Å². The summed E-state index contributed by atoms with van der Waals surface area (Å²) in [7, 11) is 0. The van der Waals surface area contributed by atoms with Gasteiger partial charge >= 0.3 is 5.97 Å². The highest BCUT2D eigenvalue weighted by Gasteiger charge is 2.26. The average Bonchev–Trinajstić information content (AvgIpc) is 2.49. The molecule has 1 aliphatic carbocycles. The van der Waals surface area contributed by atoms with Gasteiger partial charge in [0.15, 0.2) is 6.10 Å². The van der Waals surface area contributed by atoms with Gasteiger partial charge in [-0.2, -0.15) is 0 Å². The topological polar surface area (TPSA) is 55.4 Å². The third kappa shape index (κ3) is 4.33. The van der Waals surface area contributed by atoms with Gasteiger partial charge in [0.1, 0.15) is 0 Å². The molecule has 1 amide bonds. The normalized spacial score (nSPS) is 22.7. The van der Waals surface area contributed by atoms with Crippen LogP contribution < -0.4 is 5.32 Å². The average molecular weight is 303 g/mol. The molecule has 0 aliphatic heterocycles. The number of hydrogen-bond acceptors (Lipinski definition) is 3. The van der Waals surface area contributed by atoms with Crippen molar-refractivity contribution in [3.05, 3.63) is 35.4 Å². The molecular formula is C18H25NO3. The fourth-order valence-corrected chi connectivity index (χ4v) is 2.88. The highest BCUT2D eigenvalue weighted by atomic mass is 16.5. The van der Waals surface area contributed by atoms with Crippen LogP contribution >= 0.6 is 0 Å². The number of nitrogens with one attached hydrogen (secondary N) is 1. The van der Waals surface area contributed by atoms with Crippen molar-refractivity contribution in [1.29, 1.82) is 0 Å². The zero-order chi connectivity index (χ0) is 16.1. The van der Waals surface area contributed by atoms with Gasteiger partial charge in [0.05, 0.1) is 5.56 Å². The molecule has 1 aromatic rings. The standard InChI is InChI=1S/C18H25NO3/c1-12-7-6-9-15(11-12)18(21)22-14(3)17(20)19-16-10-5-4-8-13(16)2/h6-7,9,11,13-14,16H,4-5,8,10H2,1-3H3,(H,19,20)/t13-,14-,16+/m0/s1. The number of carbonyl (C=O) groups is 2. The van der Waals surface area contributed by atoms with Crippen LogP contribution in [0, 0.1) is 12.8 Å². The van der Waals surface area contributed by atoms with E-state index in [2.05, 4.69) is 12.2 Å². The van der Waals surface area contributed by atoms with Crippen molar-refractivity contribution in [2.24, 2.45) is 5.92 Å². The number of esters is 1. The monoisotopic (exact) mass is 303 g/mol. The SMILES string of the molecule is Cc1cccc(C(=O)O[C@@H](C)C(=O)N[C@@H]2CCCC[C@@H]2C)c1. The Morgan fingerprint density at radius 1 is 1.27 bits per heavy atom. The van der Waals surface area contributed by atoms with Gasteiger partial charge in [0, 0.05) is 6.04 Å². The van der Waals surface area contributed by atoms with Gasteiger partial charge in [-0.25, -0.2) is 4.79 Å². The Bertz CT molecular complexity index is 541. The first-order chi connectivity index (χ1) is 10.5. The minimum atomic E-state index is -0.776. The number of amides is 1. The number of hydrogen-bond donors (Lipinski definition) is 1. The summed E-state index contributed by atoms with van der Waals surface area (Å²) in [6.45, 7) is 5.70. The molecule has 2 rings (SSSR count). The third-order valence-electron chi connectivity index (χ3n) is 4.35. The Morgan fingerprint density at radius 3 is 2.68 bits per heavy atom. The predicted molar refractivity (Wildman–Crippen MR) is 85.6 cm³/mol. The lowest BCUT2D eigenvalue weighted by atomic mass is 9.86. The minimum Gasteiger partial charge on any atom is -0.449 e. The summed E-state index contributed by atoms with van der Waals surface area (Å²) in [5, 5.41) is 3.02. The molecule has 1 N–H and O–H groups in total. The van der Waals surface area contributed by atoms with Gasteiger partial charge in [-0.15, -0.1) is 0 Å². The van der Waals surface area contributed by atoms with E-state index in [4.69, 9.17) is 4.74 Å². The summed E-state index contributed by atoms with van der Waals surface area (Å²) in [6.07, 6.45) is 3.74. The van der Waals surface area contributed by atoms with Crippen LogP contribution in [-0.4, -0.2) is 24.0 Å². The Kier molecular flexibility index (Phi) is 5.58. The van der Waals surface area contributed by atoms with Crippen molar-refractivity contribution >= 4 is 11.9 Å². The van der Waals surface area contributed by atoms with E-state index in [0.717, 1.165) is 24.8 Å². The van der Waals surface area contributed by atoms with Crippen molar-refractivity contribution in [2.45, 2.75) is 58.6 Å². The van der Waals surface area contributed by atoms with Crippen LogP contribution in [0.25, 0.3) is 0 Å². The molecule has 0 unspecified atom stereocenters. The molecule has 0 spiro atoms. The van der Waals surface area contributed by atoms with Crippen molar-refractivity contribution in [1.82, 2.24) is 5.32 Å². The van der Waals surface area contributed by atoms with Crippen LogP contribution in [0.4, 0.5) is 0 Å². The van der Waals surface area contributed by atoms with E-state index < -0.39 is 12.1 Å². The maximum atomic E-state index is 12.2. The Hall–Kier alpha value is -1.84.